The van der Waals surface area contributed by atoms with Gasteiger partial charge in [0, 0.05) is 11.3 Å². The third-order valence-electron chi connectivity index (χ3n) is 17.3. The second kappa shape index (κ2) is 26.2. The van der Waals surface area contributed by atoms with E-state index in [-0.39, 0.29) is 22.8 Å². The molecule has 4 unspecified atom stereocenters. The third kappa shape index (κ3) is 12.0. The molecule has 0 fully saturated rings. The van der Waals surface area contributed by atoms with Crippen LogP contribution in [-0.2, 0) is 4.74 Å². The zero-order valence-corrected chi connectivity index (χ0v) is 56.3. The molecule has 0 amide bonds. The van der Waals surface area contributed by atoms with E-state index in [4.69, 9.17) is 49.1 Å². The summed E-state index contributed by atoms with van der Waals surface area (Å²) in [7, 11) is -9.28. The van der Waals surface area contributed by atoms with E-state index in [1.165, 1.54) is 0 Å². The lowest BCUT2D eigenvalue weighted by Crippen LogP contribution is -2.80. The van der Waals surface area contributed by atoms with Crippen LogP contribution in [0.25, 0.3) is 0 Å². The van der Waals surface area contributed by atoms with E-state index in [1.807, 2.05) is 0 Å². The lowest BCUT2D eigenvalue weighted by molar-refractivity contribution is 0.0644. The Balaban J connectivity index is 8.86. The number of nitrogens with zero attached hydrogens (tertiary/aromatic N) is 2. The Hall–Kier alpha value is 2.34. The third-order valence-corrected chi connectivity index (χ3v) is 61.4. The second-order valence-electron chi connectivity index (χ2n) is 24.0. The quantitative estimate of drug-likeness (QED) is 0.0527. The highest BCUT2D eigenvalue weighted by Gasteiger charge is 2.68. The van der Waals surface area contributed by atoms with Gasteiger partial charge in [0.1, 0.15) is 32.9 Å². The molecular formula is C50H112Cl4N2OSi6. The van der Waals surface area contributed by atoms with Gasteiger partial charge >= 0.3 is 0 Å². The highest BCUT2D eigenvalue weighted by molar-refractivity contribution is 7.47. The maximum absolute atomic E-state index is 8.55. The Morgan fingerprint density at radius 3 is 0.587 bits per heavy atom. The van der Waals surface area contributed by atoms with Gasteiger partial charge in [0.05, 0.1) is 11.5 Å². The Bertz CT molecular complexity index is 1060. The average molecular weight is 1070 g/mol. The first-order valence-corrected chi connectivity index (χ1v) is 43.6. The summed E-state index contributed by atoms with van der Waals surface area (Å²) in [6.07, 6.45) is 5.58. The predicted octanol–water partition coefficient (Wildman–Crippen LogP) is 20.2. The molecule has 0 N–H and O–H groups in total. The van der Waals surface area contributed by atoms with E-state index < -0.39 is 46.3 Å². The van der Waals surface area contributed by atoms with Crippen molar-refractivity contribution in [3.05, 3.63) is 0 Å². The lowest BCUT2D eigenvalue weighted by Gasteiger charge is -2.67. The molecule has 380 valence electrons. The van der Waals surface area contributed by atoms with Crippen LogP contribution in [0.3, 0.4) is 0 Å². The van der Waals surface area contributed by atoms with E-state index in [0.29, 0.717) is 66.5 Å². The molecule has 0 aliphatic carbocycles. The molecule has 0 spiro atoms. The van der Waals surface area contributed by atoms with Gasteiger partial charge in [-0.05, 0) is 92.2 Å². The molecule has 3 nitrogen and oxygen atoms in total. The van der Waals surface area contributed by atoms with Gasteiger partial charge in [0.2, 0.25) is 0 Å². The minimum atomic E-state index is -3.33. The van der Waals surface area contributed by atoms with Crippen molar-refractivity contribution in [2.24, 2.45) is 0 Å². The maximum atomic E-state index is 8.55. The van der Waals surface area contributed by atoms with E-state index in [0.717, 1.165) is 38.5 Å². The van der Waals surface area contributed by atoms with E-state index in [1.54, 1.807) is 0 Å². The van der Waals surface area contributed by atoms with Gasteiger partial charge in [-0.1, -0.05) is 207 Å². The van der Waals surface area contributed by atoms with Crippen LogP contribution in [0.15, 0.2) is 0 Å². The van der Waals surface area contributed by atoms with E-state index in [9.17, 15) is 0 Å². The molecule has 63 heavy (non-hydrogen) atoms. The molecule has 0 aliphatic heterocycles. The van der Waals surface area contributed by atoms with Crippen molar-refractivity contribution >= 4 is 90.6 Å². The molecular weight excluding hydrogens is 955 g/mol. The summed E-state index contributed by atoms with van der Waals surface area (Å²) in [5, 5.41) is 0. The van der Waals surface area contributed by atoms with Gasteiger partial charge in [0.25, 0.3) is 13.4 Å². The second-order valence-corrected chi connectivity index (χ2v) is 61.8. The van der Waals surface area contributed by atoms with Crippen molar-refractivity contribution in [1.82, 2.24) is 8.46 Å². The minimum Gasteiger partial charge on any atom is -0.376 e. The number of halogens is 4. The van der Waals surface area contributed by atoms with Crippen molar-refractivity contribution in [3.8, 4) is 0 Å². The molecule has 0 aliphatic rings. The summed E-state index contributed by atoms with van der Waals surface area (Å²) in [4.78, 5) is 0. The van der Waals surface area contributed by atoms with Crippen molar-refractivity contribution in [1.29, 1.82) is 0 Å². The standard InChI is InChI=1S/C50H112Cl4N2OSi6/c1-29-33-47(55(58(35(5)6,36(7)8)37(9)10)59(38(11)12,39(13)14)40(15)16)62(51,52)49(31-3)57-50(32-4)63(53,54)48(34-30-2)56(60(41(17)18,42(19)20)43(21)22)61(44(23)24,45(25)26)46(27)28/h35-50H,29-34H2,1-28H3. The van der Waals surface area contributed by atoms with Crippen molar-refractivity contribution in [2.75, 3.05) is 0 Å². The molecule has 0 radical (unpaired) electrons. The first-order chi connectivity index (χ1) is 28.6. The van der Waals surface area contributed by atoms with Gasteiger partial charge in [-0.2, -0.15) is 0 Å². The summed E-state index contributed by atoms with van der Waals surface area (Å²) in [6, 6.07) is 0. The molecule has 0 aromatic heterocycles. The summed E-state index contributed by atoms with van der Waals surface area (Å²) in [5.74, 6) is 0. The van der Waals surface area contributed by atoms with Crippen LogP contribution in [-0.4, -0.2) is 77.6 Å². The smallest absolute Gasteiger partial charge is 0.294 e. The minimum absolute atomic E-state index is 0.0708. The highest BCUT2D eigenvalue weighted by Crippen LogP contribution is 2.59. The van der Waals surface area contributed by atoms with E-state index in [2.05, 4.69) is 202 Å². The van der Waals surface area contributed by atoms with Gasteiger partial charge in [-0.15, -0.1) is 44.3 Å². The molecule has 13 heteroatoms. The van der Waals surface area contributed by atoms with Crippen LogP contribution >= 0.6 is 44.3 Å². The Labute approximate surface area is 422 Å². The Kier molecular flexibility index (Phi) is 27.1. The highest BCUT2D eigenvalue weighted by atomic mass is 35.7. The number of rotatable bonds is 30. The van der Waals surface area contributed by atoms with Crippen molar-refractivity contribution in [3.63, 3.8) is 0 Å². The largest absolute Gasteiger partial charge is 0.376 e. The first kappa shape index (κ1) is 65.3. The molecule has 0 saturated heterocycles. The molecule has 0 saturated carbocycles. The first-order valence-electron chi connectivity index (χ1n) is 26.6. The number of hydrogen-bond donors (Lipinski definition) is 0. The number of hydrogen-bond acceptors (Lipinski definition) is 3. The van der Waals surface area contributed by atoms with Gasteiger partial charge in [0.15, 0.2) is 0 Å². The molecule has 0 rings (SSSR count). The number of ether oxygens (including phenoxy) is 1. The fraction of sp³-hybridized carbons (Fsp3) is 1.00. The Morgan fingerprint density at radius 1 is 0.317 bits per heavy atom. The normalized spacial score (nSPS) is 16.9. The summed E-state index contributed by atoms with van der Waals surface area (Å²) >= 11 is 34.2. The summed E-state index contributed by atoms with van der Waals surface area (Å²) in [6.45, 7) is 63.6. The van der Waals surface area contributed by atoms with Crippen molar-refractivity contribution < 1.29 is 4.74 Å². The van der Waals surface area contributed by atoms with Crippen molar-refractivity contribution in [2.45, 2.75) is 322 Å². The summed E-state index contributed by atoms with van der Waals surface area (Å²) < 4.78 is 14.4. The molecule has 4 atom stereocenters. The van der Waals surface area contributed by atoms with Crippen LogP contribution in [0.5, 0.6) is 0 Å². The predicted molar refractivity (Wildman–Crippen MR) is 309 cm³/mol. The fourth-order valence-corrected chi connectivity index (χ4v) is 73.0. The maximum Gasteiger partial charge on any atom is 0.294 e. The Morgan fingerprint density at radius 2 is 0.476 bits per heavy atom. The van der Waals surface area contributed by atoms with E-state index >= 15 is 0 Å². The van der Waals surface area contributed by atoms with Crippen LogP contribution in [0.1, 0.15) is 232 Å². The molecule has 0 aromatic carbocycles. The van der Waals surface area contributed by atoms with Crippen LogP contribution in [0.4, 0.5) is 0 Å². The van der Waals surface area contributed by atoms with Crippen LogP contribution in [0, 0.1) is 0 Å². The zero-order chi connectivity index (χ0) is 50.3. The monoisotopic (exact) mass is 1060 g/mol. The fourth-order valence-electron chi connectivity index (χ4n) is 16.2. The SMILES string of the molecule is CCCC(N([Si](C(C)C)(C(C)C)C(C)C)[Si](C(C)C)(C(C)C)C(C)C)[Si](Cl)(Cl)C(CC)OC(CC)[Si](Cl)(Cl)C(CCC)N([Si](C(C)C)(C(C)C)C(C)C)[Si](C(C)C)(C(C)C)C(C)C. The topological polar surface area (TPSA) is 15.7 Å². The van der Waals surface area contributed by atoms with Gasteiger partial charge in [-0.3, -0.25) is 0 Å². The van der Waals surface area contributed by atoms with Gasteiger partial charge < -0.3 is 13.2 Å². The molecule has 0 heterocycles. The van der Waals surface area contributed by atoms with Gasteiger partial charge in [-0.25, -0.2) is 0 Å². The summed E-state index contributed by atoms with van der Waals surface area (Å²) in [5.41, 5.74) is 5.97. The molecule has 0 aromatic rings. The van der Waals surface area contributed by atoms with Crippen LogP contribution < -0.4 is 0 Å². The zero-order valence-electron chi connectivity index (χ0n) is 47.3. The molecule has 0 bridgehead atoms. The average Bonchev–Trinajstić information content (AvgIpc) is 3.11. The van der Waals surface area contributed by atoms with Crippen LogP contribution in [0.2, 0.25) is 66.5 Å². The lowest BCUT2D eigenvalue weighted by atomic mass is 10.3.